The molecule has 0 amide bonds. The van der Waals surface area contributed by atoms with Gasteiger partial charge in [0.15, 0.2) is 0 Å². The minimum absolute atomic E-state index is 0. The third-order valence-corrected chi connectivity index (χ3v) is 2.11. The average molecular weight is 326 g/mol. The van der Waals surface area contributed by atoms with Crippen LogP contribution in [0.3, 0.4) is 0 Å². The first-order valence-corrected chi connectivity index (χ1v) is 6.22. The summed E-state index contributed by atoms with van der Waals surface area (Å²) in [5, 5.41) is 10.2. The largest absolute Gasteiger partial charge is 0.370 e. The third kappa shape index (κ3) is 8.44. The molecule has 0 aliphatic heterocycles. The molecule has 0 aromatic carbocycles. The van der Waals surface area contributed by atoms with Gasteiger partial charge in [0.1, 0.15) is 6.10 Å². The Morgan fingerprint density at radius 1 is 0.941 bits per heavy atom. The average Bonchev–Trinajstić information content (AvgIpc) is 2.30. The van der Waals surface area contributed by atoms with E-state index in [1.54, 1.807) is 6.92 Å². The molecule has 0 aliphatic carbocycles. The number of hydrogen-bond acceptors (Lipinski definition) is 4. The number of ether oxygens (including phenoxy) is 3. The van der Waals surface area contributed by atoms with E-state index in [1.165, 1.54) is 0 Å². The molecule has 0 saturated heterocycles. The monoisotopic (exact) mass is 324 g/mol. The Kier molecular flexibility index (Phi) is 13.9. The Morgan fingerprint density at radius 2 is 1.35 bits per heavy atom. The van der Waals surface area contributed by atoms with Crippen LogP contribution in [0.1, 0.15) is 47.0 Å². The second kappa shape index (κ2) is 11.8. The van der Waals surface area contributed by atoms with Gasteiger partial charge in [0.05, 0.1) is 13.2 Å². The first-order valence-electron chi connectivity index (χ1n) is 6.22. The van der Waals surface area contributed by atoms with E-state index in [9.17, 15) is 5.11 Å². The van der Waals surface area contributed by atoms with E-state index < -0.39 is 12.1 Å². The maximum absolute atomic E-state index is 10.2. The van der Waals surface area contributed by atoms with E-state index in [-0.39, 0.29) is 26.2 Å². The summed E-state index contributed by atoms with van der Waals surface area (Å²) in [5.41, 5.74) is 0. The first kappa shape index (κ1) is 20.0. The summed E-state index contributed by atoms with van der Waals surface area (Å²) in [6.07, 6.45) is 2.09. The van der Waals surface area contributed by atoms with Gasteiger partial charge in [0.2, 0.25) is 0 Å². The van der Waals surface area contributed by atoms with E-state index in [2.05, 4.69) is 0 Å². The van der Waals surface area contributed by atoms with Crippen molar-refractivity contribution in [3.63, 3.8) is 0 Å². The molecule has 0 bridgehead atoms. The maximum Gasteiger partial charge on any atom is 0.308 e. The summed E-state index contributed by atoms with van der Waals surface area (Å²) in [5.74, 6) is -1.61. The van der Waals surface area contributed by atoms with Gasteiger partial charge in [0.25, 0.3) is 0 Å². The van der Waals surface area contributed by atoms with E-state index in [4.69, 9.17) is 14.2 Å². The topological polar surface area (TPSA) is 47.9 Å². The van der Waals surface area contributed by atoms with Crippen LogP contribution in [0.4, 0.5) is 0 Å². The van der Waals surface area contributed by atoms with Crippen molar-refractivity contribution in [3.8, 4) is 0 Å². The fourth-order valence-electron chi connectivity index (χ4n) is 1.17. The van der Waals surface area contributed by atoms with Gasteiger partial charge in [-0.15, -0.1) is 0 Å². The van der Waals surface area contributed by atoms with Crippen molar-refractivity contribution in [1.82, 2.24) is 0 Å². The Morgan fingerprint density at radius 3 is 1.71 bits per heavy atom. The van der Waals surface area contributed by atoms with E-state index in [1.807, 2.05) is 20.8 Å². The van der Waals surface area contributed by atoms with Crippen molar-refractivity contribution >= 4 is 0 Å². The van der Waals surface area contributed by atoms with Crippen LogP contribution in [0.2, 0.25) is 0 Å². The van der Waals surface area contributed by atoms with Gasteiger partial charge in [-0.25, -0.2) is 0 Å². The molecule has 1 unspecified atom stereocenters. The minimum atomic E-state index is -1.61. The van der Waals surface area contributed by atoms with Crippen LogP contribution in [0.15, 0.2) is 0 Å². The Balaban J connectivity index is 0. The molecule has 102 valence electrons. The summed E-state index contributed by atoms with van der Waals surface area (Å²) < 4.78 is 16.1. The second-order valence-corrected chi connectivity index (χ2v) is 3.84. The van der Waals surface area contributed by atoms with E-state index in [0.717, 1.165) is 19.3 Å². The molecular formula is C12H26O4Zr. The van der Waals surface area contributed by atoms with E-state index >= 15 is 0 Å². The summed E-state index contributed by atoms with van der Waals surface area (Å²) in [6.45, 7) is 9.26. The first-order chi connectivity index (χ1) is 7.60. The zero-order chi connectivity index (χ0) is 12.4. The molecule has 0 fully saturated rings. The molecule has 5 heteroatoms. The fraction of sp³-hybridized carbons (Fsp3) is 1.00. The molecule has 4 nitrogen and oxygen atoms in total. The normalized spacial score (nSPS) is 13.2. The van der Waals surface area contributed by atoms with Crippen molar-refractivity contribution < 1.29 is 45.5 Å². The van der Waals surface area contributed by atoms with Crippen molar-refractivity contribution in [1.29, 1.82) is 0 Å². The van der Waals surface area contributed by atoms with Gasteiger partial charge in [-0.2, -0.15) is 0 Å². The zero-order valence-electron chi connectivity index (χ0n) is 11.5. The standard InChI is InChI=1S/C12H26O4.Zr/c1-5-8-14-11(4)12(13,15-9-6-2)16-10-7-3;/h11,13H,5-10H2,1-4H3;. The molecule has 0 saturated carbocycles. The van der Waals surface area contributed by atoms with Crippen molar-refractivity contribution in [2.24, 2.45) is 0 Å². The molecule has 0 spiro atoms. The number of rotatable bonds is 10. The van der Waals surface area contributed by atoms with Crippen LogP contribution in [-0.4, -0.2) is 37.0 Å². The smallest absolute Gasteiger partial charge is 0.308 e. The van der Waals surface area contributed by atoms with E-state index in [0.29, 0.717) is 19.8 Å². The third-order valence-electron chi connectivity index (χ3n) is 2.11. The fourth-order valence-corrected chi connectivity index (χ4v) is 1.17. The molecule has 0 aromatic heterocycles. The Hall–Kier alpha value is 0.723. The van der Waals surface area contributed by atoms with Crippen molar-refractivity contribution in [2.45, 2.75) is 59.0 Å². The van der Waals surface area contributed by atoms with Gasteiger partial charge in [-0.1, -0.05) is 20.8 Å². The van der Waals surface area contributed by atoms with Crippen molar-refractivity contribution in [2.75, 3.05) is 19.8 Å². The van der Waals surface area contributed by atoms with Crippen molar-refractivity contribution in [3.05, 3.63) is 0 Å². The molecule has 0 radical (unpaired) electrons. The Bertz CT molecular complexity index is 159. The van der Waals surface area contributed by atoms with Crippen LogP contribution in [0.25, 0.3) is 0 Å². The van der Waals surface area contributed by atoms with Gasteiger partial charge in [0, 0.05) is 32.8 Å². The summed E-state index contributed by atoms with van der Waals surface area (Å²) in [6, 6.07) is 0. The summed E-state index contributed by atoms with van der Waals surface area (Å²) >= 11 is 0. The van der Waals surface area contributed by atoms with Gasteiger partial charge in [-0.3, -0.25) is 0 Å². The number of hydrogen-bond donors (Lipinski definition) is 1. The predicted octanol–water partition coefficient (Wildman–Crippen LogP) is 2.30. The van der Waals surface area contributed by atoms with Gasteiger partial charge in [-0.05, 0) is 26.2 Å². The Labute approximate surface area is 124 Å². The van der Waals surface area contributed by atoms with Crippen LogP contribution in [0, 0.1) is 0 Å². The van der Waals surface area contributed by atoms with Crippen LogP contribution >= 0.6 is 0 Å². The van der Waals surface area contributed by atoms with Gasteiger partial charge < -0.3 is 19.3 Å². The predicted molar refractivity (Wildman–Crippen MR) is 63.1 cm³/mol. The molecule has 17 heavy (non-hydrogen) atoms. The quantitative estimate of drug-likeness (QED) is 0.626. The molecule has 0 aliphatic rings. The maximum atomic E-state index is 10.2. The minimum Gasteiger partial charge on any atom is -0.370 e. The summed E-state index contributed by atoms with van der Waals surface area (Å²) in [4.78, 5) is 0. The molecule has 0 aromatic rings. The van der Waals surface area contributed by atoms with Crippen LogP contribution in [0.5, 0.6) is 0 Å². The zero-order valence-corrected chi connectivity index (χ0v) is 13.9. The molecule has 0 rings (SSSR count). The summed E-state index contributed by atoms with van der Waals surface area (Å²) in [7, 11) is 0. The number of aliphatic hydroxyl groups is 1. The molecule has 0 heterocycles. The van der Waals surface area contributed by atoms with Crippen LogP contribution < -0.4 is 0 Å². The van der Waals surface area contributed by atoms with Crippen LogP contribution in [-0.2, 0) is 40.4 Å². The molecular weight excluding hydrogens is 299 g/mol. The SMILES string of the molecule is CCCOC(C)C(O)(OCCC)OCCC.[Zr]. The molecule has 1 N–H and O–H groups in total. The second-order valence-electron chi connectivity index (χ2n) is 3.84. The van der Waals surface area contributed by atoms with Gasteiger partial charge >= 0.3 is 5.97 Å². The molecule has 1 atom stereocenters.